The van der Waals surface area contributed by atoms with Crippen LogP contribution in [0.25, 0.3) is 0 Å². The summed E-state index contributed by atoms with van der Waals surface area (Å²) in [6.45, 7) is 3.41. The van der Waals surface area contributed by atoms with Crippen molar-refractivity contribution in [2.75, 3.05) is 30.1 Å². The molecule has 0 spiro atoms. The Bertz CT molecular complexity index is 1070. The molecule has 1 aliphatic rings. The molecule has 0 saturated carbocycles. The lowest BCUT2D eigenvalue weighted by molar-refractivity contribution is -0.123. The van der Waals surface area contributed by atoms with Crippen molar-refractivity contribution in [2.24, 2.45) is 5.16 Å². The molecule has 0 bridgehead atoms. The molecular formula is C26H27N3O3. The molecule has 1 amide bonds. The minimum absolute atomic E-state index is 0.115. The summed E-state index contributed by atoms with van der Waals surface area (Å²) >= 11 is 0. The van der Waals surface area contributed by atoms with Crippen LogP contribution >= 0.6 is 0 Å². The number of fused-ring (bicyclic) bond motifs is 1. The molecule has 164 valence electrons. The second-order valence-electron chi connectivity index (χ2n) is 7.74. The first-order valence-corrected chi connectivity index (χ1v) is 10.6. The lowest BCUT2D eigenvalue weighted by Gasteiger charge is -2.42. The van der Waals surface area contributed by atoms with E-state index >= 15 is 0 Å². The van der Waals surface area contributed by atoms with E-state index in [9.17, 15) is 4.79 Å². The number of carbonyl (C=O) groups excluding carboxylic acids is 1. The molecule has 1 unspecified atom stereocenters. The van der Waals surface area contributed by atoms with Gasteiger partial charge in [0.2, 0.25) is 0 Å². The van der Waals surface area contributed by atoms with Gasteiger partial charge in [0.25, 0.3) is 5.91 Å². The van der Waals surface area contributed by atoms with Crippen LogP contribution in [0, 0.1) is 0 Å². The van der Waals surface area contributed by atoms with Crippen LogP contribution in [0.15, 0.2) is 84.0 Å². The summed E-state index contributed by atoms with van der Waals surface area (Å²) in [5, 5.41) is 3.95. The Labute approximate surface area is 188 Å². The lowest BCUT2D eigenvalue weighted by Crippen LogP contribution is -2.50. The van der Waals surface area contributed by atoms with Gasteiger partial charge in [0.05, 0.1) is 24.7 Å². The van der Waals surface area contributed by atoms with Crippen LogP contribution in [-0.4, -0.2) is 38.4 Å². The van der Waals surface area contributed by atoms with Crippen LogP contribution in [0.4, 0.5) is 11.4 Å². The van der Waals surface area contributed by atoms with E-state index < -0.39 is 0 Å². The molecule has 0 aromatic heterocycles. The van der Waals surface area contributed by atoms with Crippen LogP contribution in [0.2, 0.25) is 0 Å². The number of ether oxygens (including phenoxy) is 1. The zero-order valence-electron chi connectivity index (χ0n) is 18.3. The number of anilines is 2. The van der Waals surface area contributed by atoms with E-state index in [1.54, 1.807) is 18.2 Å². The van der Waals surface area contributed by atoms with Gasteiger partial charge in [-0.25, -0.2) is 0 Å². The first-order chi connectivity index (χ1) is 15.7. The van der Waals surface area contributed by atoms with E-state index in [4.69, 9.17) is 9.57 Å². The topological polar surface area (TPSA) is 54.4 Å². The number of hydrogen-bond acceptors (Lipinski definition) is 5. The molecule has 3 aromatic rings. The van der Waals surface area contributed by atoms with Crippen molar-refractivity contribution in [2.45, 2.75) is 19.5 Å². The highest BCUT2D eigenvalue weighted by molar-refractivity contribution is 5.98. The van der Waals surface area contributed by atoms with Gasteiger partial charge in [0.1, 0.15) is 5.75 Å². The van der Waals surface area contributed by atoms with Gasteiger partial charge < -0.3 is 19.4 Å². The fourth-order valence-corrected chi connectivity index (χ4v) is 3.85. The number of nitrogens with zero attached hydrogens (tertiary/aromatic N) is 3. The number of amides is 1. The molecule has 1 aliphatic heterocycles. The van der Waals surface area contributed by atoms with E-state index in [2.05, 4.69) is 47.3 Å². The van der Waals surface area contributed by atoms with Gasteiger partial charge in [-0.3, -0.25) is 4.79 Å². The molecule has 0 saturated heterocycles. The van der Waals surface area contributed by atoms with Crippen molar-refractivity contribution >= 4 is 23.5 Å². The van der Waals surface area contributed by atoms with Crippen LogP contribution in [0.5, 0.6) is 5.75 Å². The monoisotopic (exact) mass is 429 g/mol. The second kappa shape index (κ2) is 10.0. The van der Waals surface area contributed by atoms with Crippen LogP contribution in [0.1, 0.15) is 18.1 Å². The van der Waals surface area contributed by atoms with Gasteiger partial charge in [-0.2, -0.15) is 0 Å². The van der Waals surface area contributed by atoms with Crippen molar-refractivity contribution in [1.82, 2.24) is 0 Å². The molecule has 0 aliphatic carbocycles. The van der Waals surface area contributed by atoms with Crippen LogP contribution in [0.3, 0.4) is 0 Å². The summed E-state index contributed by atoms with van der Waals surface area (Å²) in [7, 11) is 1.62. The predicted octanol–water partition coefficient (Wildman–Crippen LogP) is 4.49. The Balaban J connectivity index is 1.42. The van der Waals surface area contributed by atoms with E-state index in [0.29, 0.717) is 6.54 Å². The summed E-state index contributed by atoms with van der Waals surface area (Å²) in [6.07, 6.45) is 1.58. The number of rotatable bonds is 7. The Morgan fingerprint density at radius 1 is 1.00 bits per heavy atom. The fraction of sp³-hybridized carbons (Fsp3) is 0.231. The average molecular weight is 430 g/mol. The maximum atomic E-state index is 13.0. The first-order valence-electron chi connectivity index (χ1n) is 10.6. The molecule has 32 heavy (non-hydrogen) atoms. The van der Waals surface area contributed by atoms with Gasteiger partial charge in [-0.05, 0) is 54.4 Å². The highest BCUT2D eigenvalue weighted by atomic mass is 16.6. The maximum Gasteiger partial charge on any atom is 0.267 e. The molecular weight excluding hydrogens is 402 g/mol. The molecule has 0 N–H and O–H groups in total. The molecule has 1 heterocycles. The quantitative estimate of drug-likeness (QED) is 0.410. The van der Waals surface area contributed by atoms with Gasteiger partial charge in [0, 0.05) is 19.1 Å². The Morgan fingerprint density at radius 3 is 2.41 bits per heavy atom. The summed E-state index contributed by atoms with van der Waals surface area (Å²) in [5.41, 5.74) is 4.05. The van der Waals surface area contributed by atoms with Gasteiger partial charge >= 0.3 is 0 Å². The molecule has 0 radical (unpaired) electrons. The van der Waals surface area contributed by atoms with E-state index in [-0.39, 0.29) is 18.6 Å². The third kappa shape index (κ3) is 4.91. The highest BCUT2D eigenvalue weighted by Gasteiger charge is 2.31. The third-order valence-electron chi connectivity index (χ3n) is 5.54. The number of hydrogen-bond donors (Lipinski definition) is 0. The number of methoxy groups -OCH3 is 1. The van der Waals surface area contributed by atoms with E-state index in [0.717, 1.165) is 29.2 Å². The smallest absolute Gasteiger partial charge is 0.267 e. The van der Waals surface area contributed by atoms with Gasteiger partial charge in [-0.1, -0.05) is 47.6 Å². The first kappa shape index (κ1) is 21.4. The summed E-state index contributed by atoms with van der Waals surface area (Å²) in [5.74, 6) is 0.660. The SMILES string of the molecule is COc1ccc(/C=N/OCC(=O)N2CC(C)N(Cc3ccccc3)c3ccccc32)cc1. The maximum absolute atomic E-state index is 13.0. The average Bonchev–Trinajstić information content (AvgIpc) is 2.84. The molecule has 0 fully saturated rings. The molecule has 6 nitrogen and oxygen atoms in total. The Hall–Kier alpha value is -3.80. The zero-order chi connectivity index (χ0) is 22.3. The molecule has 6 heteroatoms. The largest absolute Gasteiger partial charge is 0.497 e. The normalized spacial score (nSPS) is 15.5. The second-order valence-corrected chi connectivity index (χ2v) is 7.74. The molecule has 4 rings (SSSR count). The highest BCUT2D eigenvalue weighted by Crippen LogP contribution is 2.36. The summed E-state index contributed by atoms with van der Waals surface area (Å²) < 4.78 is 5.14. The van der Waals surface area contributed by atoms with Gasteiger partial charge in [0.15, 0.2) is 6.61 Å². The van der Waals surface area contributed by atoms with Crippen LogP contribution < -0.4 is 14.5 Å². The van der Waals surface area contributed by atoms with Crippen LogP contribution in [-0.2, 0) is 16.2 Å². The van der Waals surface area contributed by atoms with Gasteiger partial charge in [-0.15, -0.1) is 0 Å². The predicted molar refractivity (Wildman–Crippen MR) is 127 cm³/mol. The van der Waals surface area contributed by atoms with Crippen molar-refractivity contribution in [3.63, 3.8) is 0 Å². The van der Waals surface area contributed by atoms with Crippen molar-refractivity contribution in [3.05, 3.63) is 90.0 Å². The summed E-state index contributed by atoms with van der Waals surface area (Å²) in [6, 6.07) is 26.0. The Morgan fingerprint density at radius 2 is 1.69 bits per heavy atom. The minimum Gasteiger partial charge on any atom is -0.497 e. The summed E-state index contributed by atoms with van der Waals surface area (Å²) in [4.78, 5) is 22.4. The third-order valence-corrected chi connectivity index (χ3v) is 5.54. The van der Waals surface area contributed by atoms with Crippen molar-refractivity contribution in [3.8, 4) is 5.75 Å². The lowest BCUT2D eigenvalue weighted by atomic mass is 10.1. The fourth-order valence-electron chi connectivity index (χ4n) is 3.85. The van der Waals surface area contributed by atoms with Crippen molar-refractivity contribution < 1.29 is 14.4 Å². The van der Waals surface area contributed by atoms with E-state index in [1.807, 2.05) is 48.5 Å². The zero-order valence-corrected chi connectivity index (χ0v) is 18.3. The number of oxime groups is 1. The molecule has 1 atom stereocenters. The minimum atomic E-state index is -0.119. The molecule has 3 aromatic carbocycles. The van der Waals surface area contributed by atoms with E-state index in [1.165, 1.54) is 5.56 Å². The Kier molecular flexibility index (Phi) is 6.70. The number of benzene rings is 3. The standard InChI is InChI=1S/C26H27N3O3/c1-20-17-29(26(30)19-32-27-16-21-12-14-23(31-2)15-13-21)25-11-7-6-10-24(25)28(20)18-22-8-4-3-5-9-22/h3-16,20H,17-19H2,1-2H3/b27-16+. The van der Waals surface area contributed by atoms with Crippen molar-refractivity contribution in [1.29, 1.82) is 0 Å². The number of para-hydroxylation sites is 2. The number of carbonyl (C=O) groups is 1.